The van der Waals surface area contributed by atoms with Crippen molar-refractivity contribution >= 4 is 53.0 Å². The van der Waals surface area contributed by atoms with Gasteiger partial charge < -0.3 is 40.2 Å². The summed E-state index contributed by atoms with van der Waals surface area (Å²) in [6.07, 6.45) is -2.72. The van der Waals surface area contributed by atoms with Crippen molar-refractivity contribution in [2.24, 2.45) is 5.73 Å². The fourth-order valence-electron chi connectivity index (χ4n) is 2.78. The lowest BCUT2D eigenvalue weighted by molar-refractivity contribution is -0.139. The van der Waals surface area contributed by atoms with Crippen LogP contribution >= 0.6 is 22.7 Å². The molecule has 2 heterocycles. The van der Waals surface area contributed by atoms with Gasteiger partial charge in [-0.2, -0.15) is 22.7 Å². The van der Waals surface area contributed by atoms with Crippen molar-refractivity contribution in [3.63, 3.8) is 0 Å². The number of carbonyl (C=O) groups is 5. The summed E-state index contributed by atoms with van der Waals surface area (Å²) in [7, 11) is 0. The quantitative estimate of drug-likeness (QED) is 0.136. The van der Waals surface area contributed by atoms with Crippen molar-refractivity contribution in [2.45, 2.75) is 98.4 Å². The Bertz CT molecular complexity index is 1150. The molecule has 45 heavy (non-hydrogen) atoms. The Kier molecular flexibility index (Phi) is 19.0. The SMILES string of the molecule is C.CC(C)(C)OC(=O)NCC(C(=O)O)c1ccsc1.CC(C)(C)OC(=O)OC(=O)OC(C)(C)C.NCC(C(=O)O)c1ccsc1. The Balaban J connectivity index is 0. The highest BCUT2D eigenvalue weighted by Gasteiger charge is 2.25. The van der Waals surface area contributed by atoms with Gasteiger partial charge >= 0.3 is 30.3 Å². The number of hydrogen-bond acceptors (Lipinski definition) is 12. The maximum absolute atomic E-state index is 11.4. The first kappa shape index (κ1) is 43.4. The predicted octanol–water partition coefficient (Wildman–Crippen LogP) is 6.83. The third-order valence-electron chi connectivity index (χ3n) is 4.52. The van der Waals surface area contributed by atoms with E-state index in [1.54, 1.807) is 85.2 Å². The first-order chi connectivity index (χ1) is 20.0. The van der Waals surface area contributed by atoms with E-state index in [1.165, 1.54) is 22.7 Å². The number of hydrogen-bond donors (Lipinski definition) is 4. The second kappa shape index (κ2) is 19.6. The van der Waals surface area contributed by atoms with Crippen LogP contribution in [-0.2, 0) is 28.5 Å². The van der Waals surface area contributed by atoms with Crippen LogP contribution in [0.15, 0.2) is 33.7 Å². The molecule has 256 valence electrons. The highest BCUT2D eigenvalue weighted by atomic mass is 32.1. The summed E-state index contributed by atoms with van der Waals surface area (Å²) in [4.78, 5) is 55.1. The molecule has 0 aromatic carbocycles. The van der Waals surface area contributed by atoms with Gasteiger partial charge in [-0.3, -0.25) is 9.59 Å². The zero-order valence-electron chi connectivity index (χ0n) is 26.5. The molecule has 2 unspecified atom stereocenters. The van der Waals surface area contributed by atoms with Crippen LogP contribution in [0.4, 0.5) is 14.4 Å². The fourth-order valence-corrected chi connectivity index (χ4v) is 4.21. The third-order valence-corrected chi connectivity index (χ3v) is 5.92. The number of ether oxygens (including phenoxy) is 4. The van der Waals surface area contributed by atoms with Gasteiger partial charge in [0.2, 0.25) is 0 Å². The van der Waals surface area contributed by atoms with Crippen molar-refractivity contribution in [3.05, 3.63) is 44.8 Å². The molecule has 5 N–H and O–H groups in total. The minimum Gasteiger partial charge on any atom is -0.481 e. The van der Waals surface area contributed by atoms with Crippen LogP contribution < -0.4 is 11.1 Å². The highest BCUT2D eigenvalue weighted by Crippen LogP contribution is 2.19. The van der Waals surface area contributed by atoms with E-state index in [1.807, 2.05) is 10.8 Å². The molecule has 0 saturated carbocycles. The van der Waals surface area contributed by atoms with Crippen molar-refractivity contribution in [3.8, 4) is 0 Å². The minimum absolute atomic E-state index is 0. The number of amides is 1. The first-order valence-corrected chi connectivity index (χ1v) is 15.2. The Morgan fingerprint density at radius 1 is 0.733 bits per heavy atom. The molecule has 2 rings (SSSR count). The van der Waals surface area contributed by atoms with E-state index in [-0.39, 0.29) is 20.5 Å². The Morgan fingerprint density at radius 3 is 1.40 bits per heavy atom. The summed E-state index contributed by atoms with van der Waals surface area (Å²) in [6.45, 7) is 15.4. The molecule has 2 atom stereocenters. The summed E-state index contributed by atoms with van der Waals surface area (Å²) >= 11 is 2.90. The van der Waals surface area contributed by atoms with Crippen LogP contribution in [0, 0.1) is 0 Å². The summed E-state index contributed by atoms with van der Waals surface area (Å²) in [5.41, 5.74) is 4.79. The maximum atomic E-state index is 11.4. The van der Waals surface area contributed by atoms with E-state index >= 15 is 0 Å². The molecular weight excluding hydrogens is 628 g/mol. The van der Waals surface area contributed by atoms with E-state index in [2.05, 4.69) is 10.1 Å². The van der Waals surface area contributed by atoms with Gasteiger partial charge in [-0.25, -0.2) is 14.4 Å². The van der Waals surface area contributed by atoms with Crippen LogP contribution in [0.25, 0.3) is 0 Å². The van der Waals surface area contributed by atoms with Gasteiger partial charge in [0.15, 0.2) is 0 Å². The molecule has 13 nitrogen and oxygen atoms in total. The maximum Gasteiger partial charge on any atom is 0.519 e. The van der Waals surface area contributed by atoms with Crippen LogP contribution in [0.3, 0.4) is 0 Å². The zero-order chi connectivity index (χ0) is 34.3. The van der Waals surface area contributed by atoms with Crippen LogP contribution in [0.5, 0.6) is 0 Å². The van der Waals surface area contributed by atoms with E-state index in [4.69, 9.17) is 30.2 Å². The van der Waals surface area contributed by atoms with Crippen LogP contribution in [-0.4, -0.2) is 70.4 Å². The van der Waals surface area contributed by atoms with E-state index in [9.17, 15) is 24.0 Å². The molecule has 1 amide bonds. The van der Waals surface area contributed by atoms with Gasteiger partial charge in [-0.1, -0.05) is 7.43 Å². The van der Waals surface area contributed by atoms with Gasteiger partial charge in [0.1, 0.15) is 16.8 Å². The largest absolute Gasteiger partial charge is 0.519 e. The number of nitrogens with two attached hydrogens (primary N) is 1. The van der Waals surface area contributed by atoms with Crippen molar-refractivity contribution in [1.29, 1.82) is 0 Å². The monoisotopic (exact) mass is 676 g/mol. The number of carboxylic acid groups (broad SMARTS) is 2. The van der Waals surface area contributed by atoms with Crippen LogP contribution in [0.2, 0.25) is 0 Å². The second-order valence-electron chi connectivity index (χ2n) is 12.0. The summed E-state index contributed by atoms with van der Waals surface area (Å²) in [6, 6.07) is 3.52. The van der Waals surface area contributed by atoms with Crippen LogP contribution in [0.1, 0.15) is 92.7 Å². The van der Waals surface area contributed by atoms with E-state index < -0.39 is 59.0 Å². The van der Waals surface area contributed by atoms with E-state index in [0.29, 0.717) is 5.56 Å². The molecule has 0 fully saturated rings. The molecule has 0 spiro atoms. The van der Waals surface area contributed by atoms with Crippen molar-refractivity contribution in [1.82, 2.24) is 5.32 Å². The van der Waals surface area contributed by atoms with Gasteiger partial charge in [0, 0.05) is 13.1 Å². The standard InChI is InChI=1S/C12H17NO4S.C10H18O5.C7H9NO2S.CH4/c1-12(2,3)17-11(16)13-6-9(10(14)15)8-4-5-18-7-8;1-9(2,3)14-7(11)13-8(12)15-10(4,5)6;8-3-6(7(9)10)5-1-2-11-4-5;/h4-5,7,9H,6H2,1-3H3,(H,13,16)(H,14,15);1-6H3;1-2,4,6H,3,8H2,(H,9,10);1H4. The lowest BCUT2D eigenvalue weighted by atomic mass is 10.0. The number of rotatable bonds is 7. The van der Waals surface area contributed by atoms with Crippen molar-refractivity contribution < 1.29 is 53.1 Å². The average molecular weight is 677 g/mol. The molecule has 0 aliphatic heterocycles. The first-order valence-electron chi connectivity index (χ1n) is 13.3. The van der Waals surface area contributed by atoms with Gasteiger partial charge in [0.25, 0.3) is 0 Å². The number of alkyl carbamates (subject to hydrolysis) is 1. The molecule has 0 aliphatic rings. The van der Waals surface area contributed by atoms with Gasteiger partial charge in [-0.05, 0) is 107 Å². The number of aliphatic carboxylic acids is 2. The lowest BCUT2D eigenvalue weighted by Crippen LogP contribution is -2.36. The Labute approximate surface area is 273 Å². The fraction of sp³-hybridized carbons (Fsp3) is 0.567. The Morgan fingerprint density at radius 2 is 1.11 bits per heavy atom. The Hall–Kier alpha value is -3.69. The smallest absolute Gasteiger partial charge is 0.481 e. The average Bonchev–Trinajstić information content (AvgIpc) is 3.51. The van der Waals surface area contributed by atoms with E-state index in [0.717, 1.165) is 5.56 Å². The number of carbonyl (C=O) groups excluding carboxylic acids is 3. The number of thiophene rings is 2. The molecule has 2 aromatic heterocycles. The second-order valence-corrected chi connectivity index (χ2v) is 13.6. The molecule has 0 aliphatic carbocycles. The molecule has 0 radical (unpaired) electrons. The molecule has 2 aromatic rings. The van der Waals surface area contributed by atoms with Gasteiger partial charge in [0.05, 0.1) is 11.8 Å². The summed E-state index contributed by atoms with van der Waals surface area (Å²) in [5, 5.41) is 27.5. The van der Waals surface area contributed by atoms with Gasteiger partial charge in [-0.15, -0.1) is 0 Å². The zero-order valence-corrected chi connectivity index (χ0v) is 28.1. The summed E-state index contributed by atoms with van der Waals surface area (Å²) < 4.78 is 18.8. The number of nitrogens with one attached hydrogen (secondary N) is 1. The third kappa shape index (κ3) is 21.6. The highest BCUT2D eigenvalue weighted by molar-refractivity contribution is 7.08. The topological polar surface area (TPSA) is 201 Å². The molecule has 0 saturated heterocycles. The molecular formula is C30H48N2O11S2. The number of carboxylic acids is 2. The molecule has 15 heteroatoms. The summed E-state index contributed by atoms with van der Waals surface area (Å²) in [5.74, 6) is -3.11. The minimum atomic E-state index is -1.06. The van der Waals surface area contributed by atoms with Crippen molar-refractivity contribution in [2.75, 3.05) is 13.1 Å². The normalized spacial score (nSPS) is 12.2. The lowest BCUT2D eigenvalue weighted by Gasteiger charge is -2.20. The molecule has 0 bridgehead atoms. The predicted molar refractivity (Wildman–Crippen MR) is 173 cm³/mol.